The van der Waals surface area contributed by atoms with Gasteiger partial charge in [0.1, 0.15) is 0 Å². The minimum atomic E-state index is -0.0323. The molecule has 0 amide bonds. The van der Waals surface area contributed by atoms with Crippen molar-refractivity contribution in [1.82, 2.24) is 0 Å². The fraction of sp³-hybridized carbons (Fsp3) is 0.960. The molecule has 0 N–H and O–H groups in total. The number of carbonyl (C=O) groups is 1. The fourth-order valence-electron chi connectivity index (χ4n) is 8.71. The number of hydrogen-bond donors (Lipinski definition) is 0. The Bertz CT molecular complexity index is 542. The SMILES string of the molecule is COC(=O)CC[C@@H](C)[C@H]1CCC2C3CC[C@H]4C[C@@H](C)CC[C@@H]4C3CC[C@@]21C. The summed E-state index contributed by atoms with van der Waals surface area (Å²) in [5.74, 6) is 7.53. The molecule has 4 aliphatic rings. The number of hydrogen-bond acceptors (Lipinski definition) is 2. The highest BCUT2D eigenvalue weighted by atomic mass is 16.5. The molecule has 0 aromatic heterocycles. The molecule has 0 heterocycles. The second-order valence-corrected chi connectivity index (χ2v) is 11.2. The summed E-state index contributed by atoms with van der Waals surface area (Å²) in [6, 6.07) is 0. The van der Waals surface area contributed by atoms with Gasteiger partial charge in [0.05, 0.1) is 7.11 Å². The van der Waals surface area contributed by atoms with Crippen LogP contribution in [0.2, 0.25) is 0 Å². The molecule has 154 valence electrons. The fourth-order valence-corrected chi connectivity index (χ4v) is 8.71. The van der Waals surface area contributed by atoms with Gasteiger partial charge < -0.3 is 4.74 Å². The molecule has 9 atom stereocenters. The Morgan fingerprint density at radius 1 is 1.04 bits per heavy atom. The Balaban J connectivity index is 1.44. The van der Waals surface area contributed by atoms with Gasteiger partial charge >= 0.3 is 5.97 Å². The molecule has 0 radical (unpaired) electrons. The smallest absolute Gasteiger partial charge is 0.305 e. The van der Waals surface area contributed by atoms with Crippen molar-refractivity contribution in [1.29, 1.82) is 0 Å². The summed E-state index contributed by atoms with van der Waals surface area (Å²) in [5.41, 5.74) is 0.533. The molecule has 0 aliphatic heterocycles. The van der Waals surface area contributed by atoms with E-state index in [-0.39, 0.29) is 5.97 Å². The Kier molecular flexibility index (Phi) is 5.65. The van der Waals surface area contributed by atoms with E-state index < -0.39 is 0 Å². The first kappa shape index (κ1) is 19.8. The van der Waals surface area contributed by atoms with Gasteiger partial charge in [0.2, 0.25) is 0 Å². The van der Waals surface area contributed by atoms with Crippen LogP contribution in [0.5, 0.6) is 0 Å². The van der Waals surface area contributed by atoms with Crippen molar-refractivity contribution in [2.45, 2.75) is 91.4 Å². The van der Waals surface area contributed by atoms with Crippen molar-refractivity contribution in [2.24, 2.45) is 52.8 Å². The summed E-state index contributed by atoms with van der Waals surface area (Å²) in [6.45, 7) is 7.53. The molecule has 4 fully saturated rings. The summed E-state index contributed by atoms with van der Waals surface area (Å²) in [7, 11) is 1.52. The van der Waals surface area contributed by atoms with Crippen LogP contribution in [-0.4, -0.2) is 13.1 Å². The third-order valence-corrected chi connectivity index (χ3v) is 10.0. The van der Waals surface area contributed by atoms with Crippen molar-refractivity contribution in [2.75, 3.05) is 7.11 Å². The van der Waals surface area contributed by atoms with E-state index in [0.717, 1.165) is 47.8 Å². The van der Waals surface area contributed by atoms with E-state index in [2.05, 4.69) is 20.8 Å². The number of ether oxygens (including phenoxy) is 1. The molecule has 0 saturated heterocycles. The van der Waals surface area contributed by atoms with Crippen LogP contribution in [0.15, 0.2) is 0 Å². The first-order valence-electron chi connectivity index (χ1n) is 12.0. The molecule has 0 aromatic carbocycles. The van der Waals surface area contributed by atoms with Crippen molar-refractivity contribution in [3.63, 3.8) is 0 Å². The number of rotatable bonds is 4. The van der Waals surface area contributed by atoms with Crippen LogP contribution in [-0.2, 0) is 9.53 Å². The van der Waals surface area contributed by atoms with Crippen molar-refractivity contribution in [3.8, 4) is 0 Å². The molecule has 4 saturated carbocycles. The molecule has 0 spiro atoms. The monoisotopic (exact) mass is 374 g/mol. The topological polar surface area (TPSA) is 26.3 Å². The van der Waals surface area contributed by atoms with Crippen LogP contribution in [0.25, 0.3) is 0 Å². The van der Waals surface area contributed by atoms with Gasteiger partial charge in [0.25, 0.3) is 0 Å². The minimum absolute atomic E-state index is 0.0323. The van der Waals surface area contributed by atoms with Gasteiger partial charge in [0.15, 0.2) is 0 Å². The predicted molar refractivity (Wildman–Crippen MR) is 110 cm³/mol. The zero-order valence-corrected chi connectivity index (χ0v) is 18.2. The predicted octanol–water partition coefficient (Wildman–Crippen LogP) is 6.48. The Labute approximate surface area is 167 Å². The molecular weight excluding hydrogens is 332 g/mol. The van der Waals surface area contributed by atoms with E-state index in [4.69, 9.17) is 4.74 Å². The van der Waals surface area contributed by atoms with Crippen molar-refractivity contribution in [3.05, 3.63) is 0 Å². The molecule has 2 nitrogen and oxygen atoms in total. The van der Waals surface area contributed by atoms with Crippen LogP contribution in [0.3, 0.4) is 0 Å². The second kappa shape index (κ2) is 7.71. The van der Waals surface area contributed by atoms with Gasteiger partial charge in [-0.25, -0.2) is 0 Å². The number of esters is 1. The molecular formula is C25H42O2. The maximum absolute atomic E-state index is 11.6. The Morgan fingerprint density at radius 3 is 2.59 bits per heavy atom. The normalized spacial score (nSPS) is 47.5. The Morgan fingerprint density at radius 2 is 1.81 bits per heavy atom. The summed E-state index contributed by atoms with van der Waals surface area (Å²) < 4.78 is 4.88. The van der Waals surface area contributed by atoms with Crippen LogP contribution in [0.1, 0.15) is 91.4 Å². The third kappa shape index (κ3) is 3.48. The molecule has 4 aliphatic carbocycles. The van der Waals surface area contributed by atoms with Gasteiger partial charge in [-0.2, -0.15) is 0 Å². The molecule has 0 aromatic rings. The summed E-state index contributed by atoms with van der Waals surface area (Å²) in [6.07, 6.45) is 15.0. The van der Waals surface area contributed by atoms with Crippen LogP contribution in [0, 0.1) is 52.8 Å². The first-order valence-corrected chi connectivity index (χ1v) is 12.0. The molecule has 0 bridgehead atoms. The Hall–Kier alpha value is -0.530. The molecule has 3 unspecified atom stereocenters. The summed E-state index contributed by atoms with van der Waals surface area (Å²) in [4.78, 5) is 11.6. The van der Waals surface area contributed by atoms with Gasteiger partial charge in [0, 0.05) is 6.42 Å². The number of fused-ring (bicyclic) bond motifs is 5. The lowest BCUT2D eigenvalue weighted by atomic mass is 9.48. The lowest BCUT2D eigenvalue weighted by Crippen LogP contribution is -2.49. The van der Waals surface area contributed by atoms with Crippen LogP contribution >= 0.6 is 0 Å². The van der Waals surface area contributed by atoms with E-state index in [1.807, 2.05) is 0 Å². The van der Waals surface area contributed by atoms with Gasteiger partial charge in [-0.3, -0.25) is 4.79 Å². The zero-order chi connectivity index (χ0) is 19.2. The second-order valence-electron chi connectivity index (χ2n) is 11.2. The van der Waals surface area contributed by atoms with E-state index in [1.165, 1.54) is 64.9 Å². The lowest BCUT2D eigenvalue weighted by Gasteiger charge is -2.56. The van der Waals surface area contributed by atoms with E-state index in [0.29, 0.717) is 17.8 Å². The quantitative estimate of drug-likeness (QED) is 0.526. The zero-order valence-electron chi connectivity index (χ0n) is 18.2. The standard InChI is InChI=1S/C25H42O2/c1-16-5-8-19-18(15-16)7-9-21-20(19)13-14-25(3)22(10-11-23(21)25)17(2)6-12-24(26)27-4/h16-23H,5-15H2,1-4H3/t16-,17+,18-,19-,20?,21?,22+,23?,25+/m0/s1. The molecule has 27 heavy (non-hydrogen) atoms. The first-order chi connectivity index (χ1) is 12.9. The summed E-state index contributed by atoms with van der Waals surface area (Å²) in [5, 5.41) is 0. The van der Waals surface area contributed by atoms with Crippen LogP contribution in [0.4, 0.5) is 0 Å². The highest BCUT2D eigenvalue weighted by Gasteiger charge is 2.57. The number of carbonyl (C=O) groups excluding carboxylic acids is 1. The van der Waals surface area contributed by atoms with Crippen LogP contribution < -0.4 is 0 Å². The van der Waals surface area contributed by atoms with Gasteiger partial charge in [-0.05, 0) is 111 Å². The average Bonchev–Trinajstić information content (AvgIpc) is 3.02. The average molecular weight is 375 g/mol. The summed E-state index contributed by atoms with van der Waals surface area (Å²) >= 11 is 0. The maximum atomic E-state index is 11.6. The minimum Gasteiger partial charge on any atom is -0.469 e. The lowest BCUT2D eigenvalue weighted by molar-refractivity contribution is -0.141. The van der Waals surface area contributed by atoms with E-state index >= 15 is 0 Å². The number of methoxy groups -OCH3 is 1. The van der Waals surface area contributed by atoms with Gasteiger partial charge in [-0.1, -0.05) is 27.2 Å². The largest absolute Gasteiger partial charge is 0.469 e. The maximum Gasteiger partial charge on any atom is 0.305 e. The van der Waals surface area contributed by atoms with Gasteiger partial charge in [-0.15, -0.1) is 0 Å². The highest BCUT2D eigenvalue weighted by Crippen LogP contribution is 2.65. The van der Waals surface area contributed by atoms with E-state index in [1.54, 1.807) is 0 Å². The van der Waals surface area contributed by atoms with E-state index in [9.17, 15) is 4.79 Å². The highest BCUT2D eigenvalue weighted by molar-refractivity contribution is 5.69. The van der Waals surface area contributed by atoms with Crippen molar-refractivity contribution >= 4 is 5.97 Å². The van der Waals surface area contributed by atoms with Crippen molar-refractivity contribution < 1.29 is 9.53 Å². The molecule has 2 heteroatoms. The molecule has 4 rings (SSSR count). The third-order valence-electron chi connectivity index (χ3n) is 10.0.